The summed E-state index contributed by atoms with van der Waals surface area (Å²) in [5, 5.41) is 12.1. The molecule has 0 fully saturated rings. The molecule has 1 N–H and O–H groups in total. The maximum Gasteiger partial charge on any atom is -0.0607 e. The van der Waals surface area contributed by atoms with Crippen LogP contribution >= 0.6 is 23.2 Å². The summed E-state index contributed by atoms with van der Waals surface area (Å²) in [5.74, 6) is -1.17. The van der Waals surface area contributed by atoms with Gasteiger partial charge in [-0.3, -0.25) is 0 Å². The molecule has 7 rings (SSSR count). The Morgan fingerprint density at radius 3 is 1.78 bits per heavy atom. The van der Waals surface area contributed by atoms with Gasteiger partial charge in [0.05, 0.1) is 0 Å². The van der Waals surface area contributed by atoms with Crippen LogP contribution in [-0.4, -0.2) is 17.8 Å². The molecule has 5 aromatic rings. The summed E-state index contributed by atoms with van der Waals surface area (Å²) < 4.78 is 44.1. The minimum absolute atomic E-state index is 0.0309. The number of aromatic hydroxyl groups is 1. The second-order valence-corrected chi connectivity index (χ2v) is 25.2. The van der Waals surface area contributed by atoms with Crippen molar-refractivity contribution in [3.8, 4) is 22.6 Å². The third-order valence-electron chi connectivity index (χ3n) is 11.4. The van der Waals surface area contributed by atoms with Crippen molar-refractivity contribution >= 4 is 41.6 Å². The third-order valence-corrected chi connectivity index (χ3v) is 19.9. The maximum atomic E-state index is 15.6. The van der Waals surface area contributed by atoms with Crippen LogP contribution in [0.2, 0.25) is 28.2 Å². The van der Waals surface area contributed by atoms with Crippen molar-refractivity contribution in [2.45, 2.75) is 123 Å². The zero-order valence-electron chi connectivity index (χ0n) is 35.3. The quantitative estimate of drug-likeness (QED) is 0.172. The standard InChI is InChI=1S/C26H34F2O2Si.C10H12.C6H3Cl2N.C6H8N.W/c1-26(2,3)31(4,5)30-25-21(28)15-17-11-7-9-13-19(17)23(25)22-18-12-8-6-10-16(18)14-20(27)24(22)29;1-10(2,3)9-7-5-4-6-8-9;7-4-2-1-3-5(8)6(4)9;1-5-3-4-6(2)7-5;/h14-15,29H,6-13H2,1-5H3;1,4-8H,2-3H3;1-3H;3-4H,1-2H3;/q;;;-1;. The molecular weight excluding hydrogens is 957 g/mol. The molecule has 0 radical (unpaired) electrons. The van der Waals surface area contributed by atoms with Gasteiger partial charge in [0, 0.05) is 11.1 Å². The Bertz CT molecular complexity index is 2260. The van der Waals surface area contributed by atoms with E-state index in [1.165, 1.54) is 11.6 Å². The molecule has 0 atom stereocenters. The van der Waals surface area contributed by atoms with E-state index in [0.29, 0.717) is 21.2 Å². The number of hydrogen-bond acceptors (Lipinski definition) is 3. The molecule has 2 aliphatic rings. The van der Waals surface area contributed by atoms with E-state index in [1.54, 1.807) is 6.07 Å². The van der Waals surface area contributed by atoms with Crippen molar-refractivity contribution in [3.63, 3.8) is 0 Å². The first kappa shape index (κ1) is 45.9. The van der Waals surface area contributed by atoms with Crippen molar-refractivity contribution in [2.75, 3.05) is 0 Å². The van der Waals surface area contributed by atoms with E-state index in [0.717, 1.165) is 90.7 Å². The molecule has 0 aliphatic heterocycles. The molecule has 10 heteroatoms. The number of halogens is 4. The predicted octanol–water partition coefficient (Wildman–Crippen LogP) is 14.4. The molecule has 0 unspecified atom stereocenters. The van der Waals surface area contributed by atoms with E-state index in [2.05, 4.69) is 84.9 Å². The van der Waals surface area contributed by atoms with E-state index in [4.69, 9.17) is 27.6 Å². The van der Waals surface area contributed by atoms with Crippen molar-refractivity contribution in [3.05, 3.63) is 134 Å². The molecule has 1 aromatic heterocycles. The Kier molecular flexibility index (Phi) is 15.4. The molecule has 4 aromatic carbocycles. The first-order valence-electron chi connectivity index (χ1n) is 20.1. The SMILES string of the molecule is CC(C)(C)[Si](C)(C)Oc1c(F)cc2c(c1-c1c(O)c(F)cc3c1CCCC3)CCCC2.CC(C)([CH]=[W]=[N]c1c(Cl)cccc1Cl)c1ccccc1.Cc1ccc(C)[n-]1. The van der Waals surface area contributed by atoms with Gasteiger partial charge in [0.1, 0.15) is 5.75 Å². The Balaban J connectivity index is 0.000000201. The molecule has 2 aliphatic carbocycles. The number of phenols is 1. The zero-order chi connectivity index (χ0) is 42.4. The number of fused-ring (bicyclic) bond motifs is 2. The van der Waals surface area contributed by atoms with E-state index in [1.807, 2.05) is 50.2 Å². The van der Waals surface area contributed by atoms with Gasteiger partial charge in [0.25, 0.3) is 8.32 Å². The molecule has 0 bridgehead atoms. The monoisotopic (exact) mass is 1010 g/mol. The van der Waals surface area contributed by atoms with E-state index < -0.39 is 37.9 Å². The average Bonchev–Trinajstić information content (AvgIpc) is 3.56. The van der Waals surface area contributed by atoms with E-state index in [9.17, 15) is 9.50 Å². The Labute approximate surface area is 363 Å². The topological polar surface area (TPSA) is 55.9 Å². The average molecular weight is 1010 g/mol. The van der Waals surface area contributed by atoms with Gasteiger partial charge in [-0.05, 0) is 104 Å². The number of benzene rings is 4. The summed E-state index contributed by atoms with van der Waals surface area (Å²) in [4.78, 5) is 4.11. The number of nitrogens with zero attached hydrogens (tertiary/aromatic N) is 2. The number of aromatic nitrogens is 1. The summed E-state index contributed by atoms with van der Waals surface area (Å²) >= 11 is 11.3. The molecule has 0 spiro atoms. The first-order chi connectivity index (χ1) is 27.3. The molecule has 310 valence electrons. The molecule has 58 heavy (non-hydrogen) atoms. The van der Waals surface area contributed by atoms with Crippen LogP contribution in [-0.2, 0) is 49.0 Å². The largest absolute Gasteiger partial charge is 0.665 e. The van der Waals surface area contributed by atoms with Gasteiger partial charge in [-0.1, -0.05) is 46.8 Å². The fourth-order valence-electron chi connectivity index (χ4n) is 7.06. The Morgan fingerprint density at radius 2 is 1.26 bits per heavy atom. The van der Waals surface area contributed by atoms with Crippen LogP contribution in [0.3, 0.4) is 0 Å². The van der Waals surface area contributed by atoms with Gasteiger partial charge in [0.2, 0.25) is 0 Å². The van der Waals surface area contributed by atoms with Gasteiger partial charge in [0.15, 0.2) is 17.4 Å². The third kappa shape index (κ3) is 11.1. The van der Waals surface area contributed by atoms with E-state index in [-0.39, 0.29) is 22.0 Å². The molecule has 0 saturated carbocycles. The molecule has 0 saturated heterocycles. The minimum atomic E-state index is -2.37. The Morgan fingerprint density at radius 1 is 0.741 bits per heavy atom. The first-order valence-corrected chi connectivity index (χ1v) is 26.8. The van der Waals surface area contributed by atoms with Crippen LogP contribution in [0.25, 0.3) is 11.1 Å². The minimum Gasteiger partial charge on any atom is -0.665 e. The smallest absolute Gasteiger partial charge is 0.0607 e. The maximum absolute atomic E-state index is 15.6. The second kappa shape index (κ2) is 19.4. The zero-order valence-corrected chi connectivity index (χ0v) is 40.8. The van der Waals surface area contributed by atoms with Crippen LogP contribution in [0, 0.1) is 25.5 Å². The molecular formula is C48H57Cl2F2N2O2SiW-. The summed E-state index contributed by atoms with van der Waals surface area (Å²) in [5.41, 5.74) is 9.26. The Hall–Kier alpha value is -3.22. The second-order valence-electron chi connectivity index (χ2n) is 17.4. The summed E-state index contributed by atoms with van der Waals surface area (Å²) in [6.45, 7) is 19.0. The number of hydrogen-bond donors (Lipinski definition) is 1. The molecule has 4 nitrogen and oxygen atoms in total. The summed E-state index contributed by atoms with van der Waals surface area (Å²) in [6, 6.07) is 23.1. The van der Waals surface area contributed by atoms with Crippen LogP contribution in [0.5, 0.6) is 11.5 Å². The summed E-state index contributed by atoms with van der Waals surface area (Å²) in [6.07, 6.45) is 7.16. The fraction of sp³-hybridized carbons (Fsp3) is 0.396. The van der Waals surface area contributed by atoms with Gasteiger partial charge in [-0.15, -0.1) is 0 Å². The van der Waals surface area contributed by atoms with Crippen LogP contribution in [0.1, 0.15) is 99.5 Å². The predicted molar refractivity (Wildman–Crippen MR) is 238 cm³/mol. The van der Waals surface area contributed by atoms with Crippen LogP contribution in [0.4, 0.5) is 14.5 Å². The molecule has 0 amide bonds. The number of phenolic OH excluding ortho intramolecular Hbond substituents is 1. The number of rotatable bonds is 6. The van der Waals surface area contributed by atoms with Gasteiger partial charge in [-0.2, -0.15) is 11.4 Å². The van der Waals surface area contributed by atoms with Crippen molar-refractivity contribution in [1.82, 2.24) is 4.98 Å². The van der Waals surface area contributed by atoms with E-state index >= 15 is 4.39 Å². The fourth-order valence-corrected chi connectivity index (χ4v) is 11.7. The van der Waals surface area contributed by atoms with Crippen molar-refractivity contribution in [2.24, 2.45) is 3.50 Å². The van der Waals surface area contributed by atoms with Crippen molar-refractivity contribution < 1.29 is 36.2 Å². The summed E-state index contributed by atoms with van der Waals surface area (Å²) in [7, 11) is -2.37. The normalized spacial score (nSPS) is 13.8. The van der Waals surface area contributed by atoms with Crippen molar-refractivity contribution in [1.29, 1.82) is 0 Å². The molecule has 1 heterocycles. The van der Waals surface area contributed by atoms with Gasteiger partial charge >= 0.3 is 138 Å². The number of aryl methyl sites for hydroxylation is 4. The van der Waals surface area contributed by atoms with Gasteiger partial charge < -0.3 is 14.5 Å². The van der Waals surface area contributed by atoms with Crippen LogP contribution in [0.15, 0.2) is 76.3 Å². The van der Waals surface area contributed by atoms with Crippen LogP contribution < -0.4 is 9.41 Å². The van der Waals surface area contributed by atoms with Gasteiger partial charge in [-0.25, -0.2) is 8.78 Å².